The van der Waals surface area contributed by atoms with Crippen molar-refractivity contribution in [1.82, 2.24) is 4.90 Å². The van der Waals surface area contributed by atoms with E-state index in [1.165, 1.54) is 6.92 Å². The molecule has 0 heterocycles. The first kappa shape index (κ1) is 21.8. The molecule has 3 rings (SSSR count). The Bertz CT molecular complexity index is 1110. The van der Waals surface area contributed by atoms with Crippen molar-refractivity contribution in [3.05, 3.63) is 95.1 Å². The smallest absolute Gasteiger partial charge is 0.255 e. The van der Waals surface area contributed by atoms with Gasteiger partial charge >= 0.3 is 0 Å². The molecule has 6 nitrogen and oxygen atoms in total. The molecular formula is C25H25N3O3. The lowest BCUT2D eigenvalue weighted by Crippen LogP contribution is -2.24. The molecule has 0 atom stereocenters. The number of carbonyl (C=O) groups is 3. The van der Waals surface area contributed by atoms with E-state index in [4.69, 9.17) is 0 Å². The van der Waals surface area contributed by atoms with E-state index in [9.17, 15) is 14.4 Å². The van der Waals surface area contributed by atoms with Crippen molar-refractivity contribution in [2.45, 2.75) is 20.4 Å². The number of aryl methyl sites for hydroxylation is 1. The minimum Gasteiger partial charge on any atom is -0.342 e. The number of carbonyl (C=O) groups excluding carboxylic acids is 3. The summed E-state index contributed by atoms with van der Waals surface area (Å²) in [6.07, 6.45) is 0. The Morgan fingerprint density at radius 1 is 0.774 bits per heavy atom. The highest BCUT2D eigenvalue weighted by Crippen LogP contribution is 2.21. The van der Waals surface area contributed by atoms with Crippen molar-refractivity contribution < 1.29 is 14.4 Å². The van der Waals surface area contributed by atoms with Gasteiger partial charge in [0, 0.05) is 43.0 Å². The molecule has 31 heavy (non-hydrogen) atoms. The van der Waals surface area contributed by atoms with Gasteiger partial charge < -0.3 is 15.5 Å². The molecule has 3 amide bonds. The fraction of sp³-hybridized carbons (Fsp3) is 0.160. The third-order valence-corrected chi connectivity index (χ3v) is 4.99. The van der Waals surface area contributed by atoms with Gasteiger partial charge in [0.05, 0.1) is 0 Å². The van der Waals surface area contributed by atoms with Crippen LogP contribution in [-0.4, -0.2) is 29.7 Å². The van der Waals surface area contributed by atoms with E-state index in [1.54, 1.807) is 60.5 Å². The van der Waals surface area contributed by atoms with Gasteiger partial charge in [0.2, 0.25) is 5.91 Å². The van der Waals surface area contributed by atoms with E-state index in [0.717, 1.165) is 11.1 Å². The van der Waals surface area contributed by atoms with Gasteiger partial charge in [-0.05, 0) is 48.4 Å². The molecule has 0 saturated carbocycles. The first-order valence-electron chi connectivity index (χ1n) is 9.93. The quantitative estimate of drug-likeness (QED) is 0.623. The summed E-state index contributed by atoms with van der Waals surface area (Å²) < 4.78 is 0. The zero-order chi connectivity index (χ0) is 22.4. The molecule has 0 spiro atoms. The molecular weight excluding hydrogens is 390 g/mol. The van der Waals surface area contributed by atoms with E-state index in [0.29, 0.717) is 29.0 Å². The second-order valence-electron chi connectivity index (χ2n) is 7.34. The highest BCUT2D eigenvalue weighted by Gasteiger charge is 2.14. The molecule has 0 radical (unpaired) electrons. The Morgan fingerprint density at radius 3 is 2.10 bits per heavy atom. The van der Waals surface area contributed by atoms with Crippen LogP contribution in [-0.2, 0) is 11.3 Å². The van der Waals surface area contributed by atoms with Crippen LogP contribution in [0.1, 0.15) is 38.8 Å². The Labute approximate surface area is 181 Å². The molecule has 0 bridgehead atoms. The molecule has 3 aromatic carbocycles. The summed E-state index contributed by atoms with van der Waals surface area (Å²) in [5, 5.41) is 5.79. The topological polar surface area (TPSA) is 78.5 Å². The summed E-state index contributed by atoms with van der Waals surface area (Å²) in [5.74, 6) is -0.592. The lowest BCUT2D eigenvalue weighted by atomic mass is 10.1. The predicted molar refractivity (Wildman–Crippen MR) is 122 cm³/mol. The zero-order valence-corrected chi connectivity index (χ0v) is 17.8. The van der Waals surface area contributed by atoms with Gasteiger partial charge in [-0.3, -0.25) is 14.4 Å². The Kier molecular flexibility index (Phi) is 6.82. The summed E-state index contributed by atoms with van der Waals surface area (Å²) in [6, 6.07) is 21.4. The van der Waals surface area contributed by atoms with E-state index < -0.39 is 0 Å². The summed E-state index contributed by atoms with van der Waals surface area (Å²) >= 11 is 0. The molecule has 3 aromatic rings. The van der Waals surface area contributed by atoms with Crippen LogP contribution in [0.15, 0.2) is 72.8 Å². The Hall–Kier alpha value is -3.93. The number of anilines is 2. The number of benzene rings is 3. The van der Waals surface area contributed by atoms with Crippen LogP contribution < -0.4 is 10.6 Å². The standard InChI is InChI=1S/C25H25N3O3/c1-17-13-14-20(15-23(17)27-24(30)19-9-5-4-6-10-19)25(31)26-22-12-8-7-11-21(22)16-28(3)18(2)29/h4-15H,16H2,1-3H3,(H,26,31)(H,27,30). The summed E-state index contributed by atoms with van der Waals surface area (Å²) in [7, 11) is 1.71. The Morgan fingerprint density at radius 2 is 1.39 bits per heavy atom. The molecule has 0 aliphatic rings. The normalized spacial score (nSPS) is 10.3. The van der Waals surface area contributed by atoms with Crippen molar-refractivity contribution in [1.29, 1.82) is 0 Å². The predicted octanol–water partition coefficient (Wildman–Crippen LogP) is 4.48. The highest BCUT2D eigenvalue weighted by molar-refractivity contribution is 6.08. The van der Waals surface area contributed by atoms with Crippen molar-refractivity contribution in [3.8, 4) is 0 Å². The molecule has 0 aromatic heterocycles. The second kappa shape index (κ2) is 9.71. The van der Waals surface area contributed by atoms with Gasteiger partial charge in [0.15, 0.2) is 0 Å². The molecule has 2 N–H and O–H groups in total. The summed E-state index contributed by atoms with van der Waals surface area (Å²) in [4.78, 5) is 38.5. The average molecular weight is 415 g/mol. The van der Waals surface area contributed by atoms with Gasteiger partial charge in [-0.1, -0.05) is 42.5 Å². The van der Waals surface area contributed by atoms with Gasteiger partial charge in [0.1, 0.15) is 0 Å². The average Bonchev–Trinajstić information content (AvgIpc) is 2.77. The van der Waals surface area contributed by atoms with Crippen LogP contribution in [0.25, 0.3) is 0 Å². The highest BCUT2D eigenvalue weighted by atomic mass is 16.2. The maximum absolute atomic E-state index is 12.9. The van der Waals surface area contributed by atoms with Crippen LogP contribution >= 0.6 is 0 Å². The number of hydrogen-bond acceptors (Lipinski definition) is 3. The first-order chi connectivity index (χ1) is 14.8. The van der Waals surface area contributed by atoms with Crippen LogP contribution in [0.2, 0.25) is 0 Å². The van der Waals surface area contributed by atoms with Crippen LogP contribution in [0.4, 0.5) is 11.4 Å². The number of nitrogens with one attached hydrogen (secondary N) is 2. The number of amides is 3. The van der Waals surface area contributed by atoms with Crippen molar-refractivity contribution in [2.24, 2.45) is 0 Å². The van der Waals surface area contributed by atoms with Gasteiger partial charge in [-0.15, -0.1) is 0 Å². The van der Waals surface area contributed by atoms with Gasteiger partial charge in [0.25, 0.3) is 11.8 Å². The van der Waals surface area contributed by atoms with Crippen LogP contribution in [0.3, 0.4) is 0 Å². The molecule has 0 unspecified atom stereocenters. The number of hydrogen-bond donors (Lipinski definition) is 2. The molecule has 6 heteroatoms. The largest absolute Gasteiger partial charge is 0.342 e. The zero-order valence-electron chi connectivity index (χ0n) is 17.8. The summed E-state index contributed by atoms with van der Waals surface area (Å²) in [5.41, 5.74) is 3.86. The van der Waals surface area contributed by atoms with Crippen molar-refractivity contribution in [3.63, 3.8) is 0 Å². The first-order valence-corrected chi connectivity index (χ1v) is 9.93. The fourth-order valence-corrected chi connectivity index (χ4v) is 3.02. The lowest BCUT2D eigenvalue weighted by Gasteiger charge is -2.18. The molecule has 0 aliphatic carbocycles. The minimum absolute atomic E-state index is 0.0570. The second-order valence-corrected chi connectivity index (χ2v) is 7.34. The third kappa shape index (κ3) is 5.57. The molecule has 0 saturated heterocycles. The monoisotopic (exact) mass is 415 g/mol. The third-order valence-electron chi connectivity index (χ3n) is 4.99. The van der Waals surface area contributed by atoms with Crippen LogP contribution in [0.5, 0.6) is 0 Å². The summed E-state index contributed by atoms with van der Waals surface area (Å²) in [6.45, 7) is 3.76. The van der Waals surface area contributed by atoms with E-state index in [2.05, 4.69) is 10.6 Å². The number of rotatable bonds is 6. The SMILES string of the molecule is CC(=O)N(C)Cc1ccccc1NC(=O)c1ccc(C)c(NC(=O)c2ccccc2)c1. The molecule has 158 valence electrons. The molecule has 0 aliphatic heterocycles. The number of nitrogens with zero attached hydrogens (tertiary/aromatic N) is 1. The van der Waals surface area contributed by atoms with Crippen molar-refractivity contribution in [2.75, 3.05) is 17.7 Å². The van der Waals surface area contributed by atoms with Crippen molar-refractivity contribution >= 4 is 29.1 Å². The number of para-hydroxylation sites is 1. The fourth-order valence-electron chi connectivity index (χ4n) is 3.02. The van der Waals surface area contributed by atoms with E-state index >= 15 is 0 Å². The maximum Gasteiger partial charge on any atom is 0.255 e. The molecule has 0 fully saturated rings. The van der Waals surface area contributed by atoms with Gasteiger partial charge in [-0.2, -0.15) is 0 Å². The Balaban J connectivity index is 1.78. The maximum atomic E-state index is 12.9. The van der Waals surface area contributed by atoms with E-state index in [1.807, 2.05) is 31.2 Å². The van der Waals surface area contributed by atoms with Crippen LogP contribution in [0, 0.1) is 6.92 Å². The lowest BCUT2D eigenvalue weighted by molar-refractivity contribution is -0.128. The van der Waals surface area contributed by atoms with E-state index in [-0.39, 0.29) is 17.7 Å². The minimum atomic E-state index is -0.298. The van der Waals surface area contributed by atoms with Gasteiger partial charge in [-0.25, -0.2) is 0 Å².